The van der Waals surface area contributed by atoms with Crippen LogP contribution in [0, 0.1) is 17.8 Å². The fraction of sp³-hybridized carbons (Fsp3) is 0.953. The van der Waals surface area contributed by atoms with Crippen molar-refractivity contribution in [1.82, 2.24) is 0 Å². The summed E-state index contributed by atoms with van der Waals surface area (Å²) < 4.78 is 68.8. The van der Waals surface area contributed by atoms with Crippen molar-refractivity contribution < 1.29 is 80.2 Å². The lowest BCUT2D eigenvalue weighted by Gasteiger charge is -2.21. The number of aliphatic hydroxyl groups is 1. The van der Waals surface area contributed by atoms with Gasteiger partial charge in [-0.3, -0.25) is 37.3 Å². The number of hydrogen-bond donors (Lipinski definition) is 3. The number of rotatable bonds is 83. The van der Waals surface area contributed by atoms with E-state index in [0.29, 0.717) is 25.7 Å². The standard InChI is InChI=1S/C85H166O17P2/c1-8-11-12-13-14-15-16-17-18-19-20-21-22-23-24-27-31-34-37-47-54-61-68-84(89)101-80(72-95-82(87)66-59-52-45-36-33-30-28-25-26-29-32-35-42-49-56-63-76(4)5)74-99-103(91,92)97-70-79(86)71-98-104(93,94)100-75-81(102-85(90)69-62-55-48-41-39-44-51-58-65-78(7)10-3)73-96-83(88)67-60-53-46-40-38-43-50-57-64-77(6)9-2/h76-81,86H,8-75H2,1-7H3,(H,91,92)(H,93,94)/t77?,78?,79-,80-,81-/m1/s1. The molecule has 0 saturated carbocycles. The molecule has 0 heterocycles. The zero-order valence-corrected chi connectivity index (χ0v) is 70.3. The molecule has 4 unspecified atom stereocenters. The van der Waals surface area contributed by atoms with Gasteiger partial charge in [0.05, 0.1) is 26.4 Å². The lowest BCUT2D eigenvalue weighted by Crippen LogP contribution is -2.30. The first-order valence-corrected chi connectivity index (χ1v) is 46.9. The first kappa shape index (κ1) is 102. The number of ether oxygens (including phenoxy) is 4. The number of phosphoric acid groups is 2. The maximum absolute atomic E-state index is 13.1. The van der Waals surface area contributed by atoms with E-state index in [1.807, 2.05) is 0 Å². The van der Waals surface area contributed by atoms with Crippen molar-refractivity contribution in [3.05, 3.63) is 0 Å². The Morgan fingerprint density at radius 3 is 0.731 bits per heavy atom. The Kier molecular flexibility index (Phi) is 73.7. The average molecular weight is 1520 g/mol. The van der Waals surface area contributed by atoms with Gasteiger partial charge in [-0.15, -0.1) is 0 Å². The monoisotopic (exact) mass is 1520 g/mol. The van der Waals surface area contributed by atoms with E-state index in [1.54, 1.807) is 0 Å². The van der Waals surface area contributed by atoms with Crippen molar-refractivity contribution in [2.75, 3.05) is 39.6 Å². The van der Waals surface area contributed by atoms with E-state index >= 15 is 0 Å². The fourth-order valence-corrected chi connectivity index (χ4v) is 14.7. The molecule has 0 aromatic rings. The molecule has 3 N–H and O–H groups in total. The number of hydrogen-bond acceptors (Lipinski definition) is 15. The van der Waals surface area contributed by atoms with E-state index in [1.165, 1.54) is 257 Å². The molecular formula is C85H166O17P2. The third kappa shape index (κ3) is 75.5. The first-order valence-electron chi connectivity index (χ1n) is 43.9. The van der Waals surface area contributed by atoms with Crippen molar-refractivity contribution in [3.63, 3.8) is 0 Å². The molecule has 0 aliphatic heterocycles. The van der Waals surface area contributed by atoms with E-state index < -0.39 is 97.5 Å². The number of phosphoric ester groups is 2. The Hall–Kier alpha value is -1.94. The highest BCUT2D eigenvalue weighted by atomic mass is 31.2. The SMILES string of the molecule is CCCCCCCCCCCCCCCCCCCCCCCCC(=O)O[C@H](COC(=O)CCCCCCCCCCCCCCCCCC(C)C)COP(=O)(O)OC[C@@H](O)COP(=O)(O)OC[C@@H](COC(=O)CCCCCCCCCCC(C)CC)OC(=O)CCCCCCCCCCC(C)CC. The Balaban J connectivity index is 5.23. The van der Waals surface area contributed by atoms with Gasteiger partial charge >= 0.3 is 39.5 Å². The van der Waals surface area contributed by atoms with Crippen LogP contribution in [0.2, 0.25) is 0 Å². The molecule has 0 aliphatic carbocycles. The molecule has 0 rings (SSSR count). The van der Waals surface area contributed by atoms with Gasteiger partial charge in [0.2, 0.25) is 0 Å². The lowest BCUT2D eigenvalue weighted by atomic mass is 9.99. The highest BCUT2D eigenvalue weighted by molar-refractivity contribution is 7.47. The minimum absolute atomic E-state index is 0.105. The summed E-state index contributed by atoms with van der Waals surface area (Å²) in [7, 11) is -9.93. The predicted octanol–water partition coefficient (Wildman–Crippen LogP) is 25.7. The van der Waals surface area contributed by atoms with Gasteiger partial charge in [-0.25, -0.2) is 9.13 Å². The van der Waals surface area contributed by atoms with Gasteiger partial charge in [0.15, 0.2) is 12.2 Å². The molecule has 0 amide bonds. The highest BCUT2D eigenvalue weighted by Gasteiger charge is 2.30. The fourth-order valence-electron chi connectivity index (χ4n) is 13.1. The summed E-state index contributed by atoms with van der Waals surface area (Å²) in [6.45, 7) is 12.0. The van der Waals surface area contributed by atoms with Gasteiger partial charge in [-0.1, -0.05) is 395 Å². The number of aliphatic hydroxyl groups excluding tert-OH is 1. The van der Waals surface area contributed by atoms with E-state index in [2.05, 4.69) is 48.5 Å². The van der Waals surface area contributed by atoms with E-state index in [9.17, 15) is 43.2 Å². The Bertz CT molecular complexity index is 2010. The summed E-state index contributed by atoms with van der Waals surface area (Å²) in [5.41, 5.74) is 0. The maximum Gasteiger partial charge on any atom is 0.472 e. The van der Waals surface area contributed by atoms with E-state index in [-0.39, 0.29) is 25.7 Å². The normalized spacial score (nSPS) is 14.4. The quantitative estimate of drug-likeness (QED) is 0.0222. The van der Waals surface area contributed by atoms with Crippen LogP contribution in [-0.2, 0) is 65.4 Å². The van der Waals surface area contributed by atoms with Gasteiger partial charge in [-0.05, 0) is 43.4 Å². The zero-order valence-electron chi connectivity index (χ0n) is 68.5. The van der Waals surface area contributed by atoms with Crippen LogP contribution >= 0.6 is 15.6 Å². The minimum Gasteiger partial charge on any atom is -0.462 e. The van der Waals surface area contributed by atoms with E-state index in [4.69, 9.17) is 37.0 Å². The molecule has 0 aromatic heterocycles. The van der Waals surface area contributed by atoms with Gasteiger partial charge < -0.3 is 33.8 Å². The third-order valence-electron chi connectivity index (χ3n) is 20.6. The summed E-state index contributed by atoms with van der Waals surface area (Å²) >= 11 is 0. The molecule has 0 radical (unpaired) electrons. The highest BCUT2D eigenvalue weighted by Crippen LogP contribution is 2.45. The third-order valence-corrected chi connectivity index (χ3v) is 22.5. The zero-order chi connectivity index (χ0) is 76.5. The average Bonchev–Trinajstić information content (AvgIpc) is 1.31. The van der Waals surface area contributed by atoms with Gasteiger partial charge in [0.25, 0.3) is 0 Å². The maximum atomic E-state index is 13.1. The topological polar surface area (TPSA) is 237 Å². The Morgan fingerprint density at radius 1 is 0.279 bits per heavy atom. The van der Waals surface area contributed by atoms with Gasteiger partial charge in [-0.2, -0.15) is 0 Å². The molecule has 7 atom stereocenters. The smallest absolute Gasteiger partial charge is 0.462 e. The molecule has 0 fully saturated rings. The van der Waals surface area contributed by atoms with Crippen molar-refractivity contribution in [1.29, 1.82) is 0 Å². The van der Waals surface area contributed by atoms with Crippen LogP contribution in [0.4, 0.5) is 0 Å². The van der Waals surface area contributed by atoms with Crippen molar-refractivity contribution in [2.45, 2.75) is 465 Å². The second-order valence-electron chi connectivity index (χ2n) is 31.5. The molecule has 0 aromatic carbocycles. The minimum atomic E-state index is -4.97. The van der Waals surface area contributed by atoms with Crippen LogP contribution in [0.15, 0.2) is 0 Å². The summed E-state index contributed by atoms with van der Waals surface area (Å²) in [4.78, 5) is 73.2. The first-order chi connectivity index (χ1) is 50.3. The largest absolute Gasteiger partial charge is 0.472 e. The van der Waals surface area contributed by atoms with Crippen LogP contribution in [0.25, 0.3) is 0 Å². The van der Waals surface area contributed by atoms with Crippen molar-refractivity contribution in [3.8, 4) is 0 Å². The van der Waals surface area contributed by atoms with E-state index in [0.717, 1.165) is 108 Å². The molecule has 618 valence electrons. The summed E-state index contributed by atoms with van der Waals surface area (Å²) in [6.07, 6.45) is 65.3. The molecule has 104 heavy (non-hydrogen) atoms. The van der Waals surface area contributed by atoms with Crippen LogP contribution in [0.3, 0.4) is 0 Å². The second-order valence-corrected chi connectivity index (χ2v) is 34.4. The molecule has 19 heteroatoms. The Morgan fingerprint density at radius 2 is 0.490 bits per heavy atom. The predicted molar refractivity (Wildman–Crippen MR) is 428 cm³/mol. The number of unbranched alkanes of at least 4 members (excludes halogenated alkanes) is 49. The van der Waals surface area contributed by atoms with Gasteiger partial charge in [0, 0.05) is 25.7 Å². The van der Waals surface area contributed by atoms with Gasteiger partial charge in [0.1, 0.15) is 19.3 Å². The number of carbonyl (C=O) groups is 4. The molecule has 0 aliphatic rings. The van der Waals surface area contributed by atoms with Crippen molar-refractivity contribution in [2.24, 2.45) is 17.8 Å². The number of carbonyl (C=O) groups excluding carboxylic acids is 4. The van der Waals surface area contributed by atoms with Crippen LogP contribution in [-0.4, -0.2) is 96.7 Å². The lowest BCUT2D eigenvalue weighted by molar-refractivity contribution is -0.161. The van der Waals surface area contributed by atoms with Crippen LogP contribution in [0.1, 0.15) is 447 Å². The molecule has 0 bridgehead atoms. The van der Waals surface area contributed by atoms with Crippen LogP contribution < -0.4 is 0 Å². The molecular weight excluding hydrogens is 1350 g/mol. The summed E-state index contributed by atoms with van der Waals surface area (Å²) in [6, 6.07) is 0. The van der Waals surface area contributed by atoms with Crippen LogP contribution in [0.5, 0.6) is 0 Å². The molecule has 0 spiro atoms. The second kappa shape index (κ2) is 75.1. The summed E-state index contributed by atoms with van der Waals surface area (Å²) in [5.74, 6) is 0.244. The molecule has 0 saturated heterocycles. The number of esters is 4. The summed E-state index contributed by atoms with van der Waals surface area (Å²) in [5, 5.41) is 10.7. The Labute approximate surface area is 638 Å². The van der Waals surface area contributed by atoms with Crippen molar-refractivity contribution >= 4 is 39.5 Å². The molecule has 17 nitrogen and oxygen atoms in total.